The van der Waals surface area contributed by atoms with Crippen molar-refractivity contribution in [1.82, 2.24) is 29.4 Å². The third-order valence-corrected chi connectivity index (χ3v) is 3.63. The van der Waals surface area contributed by atoms with Crippen molar-refractivity contribution in [3.8, 4) is 22.5 Å². The van der Waals surface area contributed by atoms with E-state index in [1.807, 2.05) is 43.7 Å². The highest BCUT2D eigenvalue weighted by Gasteiger charge is 2.13. The van der Waals surface area contributed by atoms with E-state index in [1.54, 1.807) is 15.4 Å². The second-order valence-corrected chi connectivity index (χ2v) is 5.35. The highest BCUT2D eigenvalue weighted by Crippen LogP contribution is 2.26. The van der Waals surface area contributed by atoms with E-state index in [2.05, 4.69) is 15.2 Å². The van der Waals surface area contributed by atoms with Gasteiger partial charge in [0.15, 0.2) is 5.65 Å². The number of halogens is 1. The maximum atomic E-state index is 5.95. The minimum atomic E-state index is 0.693. The molecule has 3 aromatic heterocycles. The fourth-order valence-corrected chi connectivity index (χ4v) is 2.45. The summed E-state index contributed by atoms with van der Waals surface area (Å²) in [5.41, 5.74) is 4.11. The van der Waals surface area contributed by atoms with Gasteiger partial charge in [-0.2, -0.15) is 10.2 Å². The topological polar surface area (TPSA) is 60.9 Å². The van der Waals surface area contributed by atoms with Crippen LogP contribution >= 0.6 is 11.6 Å². The summed E-state index contributed by atoms with van der Waals surface area (Å²) in [6, 6.07) is 7.54. The van der Waals surface area contributed by atoms with E-state index in [9.17, 15) is 0 Å². The summed E-state index contributed by atoms with van der Waals surface area (Å²) in [5, 5.41) is 9.12. The van der Waals surface area contributed by atoms with E-state index in [4.69, 9.17) is 16.6 Å². The SMILES string of the molecule is Cn1cc(-c2nc(-c3ccc(Cl)cc3)cn3ncnc23)cn1. The molecular weight excluding hydrogens is 300 g/mol. The molecule has 0 N–H and O–H groups in total. The Kier molecular flexibility index (Phi) is 2.90. The van der Waals surface area contributed by atoms with Gasteiger partial charge >= 0.3 is 0 Å². The zero-order chi connectivity index (χ0) is 15.1. The summed E-state index contributed by atoms with van der Waals surface area (Å²) in [6.45, 7) is 0. The van der Waals surface area contributed by atoms with Gasteiger partial charge in [-0.15, -0.1) is 0 Å². The van der Waals surface area contributed by atoms with Gasteiger partial charge in [-0.1, -0.05) is 23.7 Å². The van der Waals surface area contributed by atoms with Crippen molar-refractivity contribution >= 4 is 17.2 Å². The van der Waals surface area contributed by atoms with E-state index in [-0.39, 0.29) is 0 Å². The van der Waals surface area contributed by atoms with Crippen molar-refractivity contribution in [3.05, 3.63) is 54.2 Å². The first-order chi connectivity index (χ1) is 10.7. The van der Waals surface area contributed by atoms with Crippen molar-refractivity contribution < 1.29 is 0 Å². The molecule has 0 spiro atoms. The van der Waals surface area contributed by atoms with Gasteiger partial charge in [0, 0.05) is 29.4 Å². The minimum absolute atomic E-state index is 0.693. The first kappa shape index (κ1) is 13.0. The second kappa shape index (κ2) is 4.92. The quantitative estimate of drug-likeness (QED) is 0.571. The van der Waals surface area contributed by atoms with E-state index >= 15 is 0 Å². The summed E-state index contributed by atoms with van der Waals surface area (Å²) < 4.78 is 3.46. The molecule has 22 heavy (non-hydrogen) atoms. The number of fused-ring (bicyclic) bond motifs is 1. The molecule has 0 saturated carbocycles. The molecule has 0 aliphatic carbocycles. The summed E-state index contributed by atoms with van der Waals surface area (Å²) in [5.74, 6) is 0. The number of hydrogen-bond acceptors (Lipinski definition) is 4. The third kappa shape index (κ3) is 2.14. The second-order valence-electron chi connectivity index (χ2n) is 4.91. The number of aryl methyl sites for hydroxylation is 1. The molecule has 7 heteroatoms. The van der Waals surface area contributed by atoms with Gasteiger partial charge in [0.05, 0.1) is 18.1 Å². The lowest BCUT2D eigenvalue weighted by Crippen LogP contribution is -1.97. The largest absolute Gasteiger partial charge is 0.275 e. The van der Waals surface area contributed by atoms with Crippen LogP contribution < -0.4 is 0 Å². The van der Waals surface area contributed by atoms with Crippen molar-refractivity contribution in [3.63, 3.8) is 0 Å². The summed E-state index contributed by atoms with van der Waals surface area (Å²) in [4.78, 5) is 9.02. The Morgan fingerprint density at radius 2 is 1.82 bits per heavy atom. The lowest BCUT2D eigenvalue weighted by atomic mass is 10.1. The number of rotatable bonds is 2. The van der Waals surface area contributed by atoms with Gasteiger partial charge < -0.3 is 0 Å². The van der Waals surface area contributed by atoms with Crippen LogP contribution in [0.3, 0.4) is 0 Å². The van der Waals surface area contributed by atoms with Crippen LogP contribution in [-0.2, 0) is 7.05 Å². The lowest BCUT2D eigenvalue weighted by Gasteiger charge is -2.05. The Morgan fingerprint density at radius 1 is 1.00 bits per heavy atom. The molecule has 0 radical (unpaired) electrons. The molecule has 6 nitrogen and oxygen atoms in total. The van der Waals surface area contributed by atoms with Crippen LogP contribution in [0.4, 0.5) is 0 Å². The highest BCUT2D eigenvalue weighted by atomic mass is 35.5. The average molecular weight is 311 g/mol. The van der Waals surface area contributed by atoms with Gasteiger partial charge in [0.1, 0.15) is 12.0 Å². The molecule has 0 atom stereocenters. The Bertz CT molecular complexity index is 954. The number of benzene rings is 1. The van der Waals surface area contributed by atoms with Crippen LogP contribution in [0.5, 0.6) is 0 Å². The molecule has 0 unspecified atom stereocenters. The summed E-state index contributed by atoms with van der Waals surface area (Å²) in [7, 11) is 1.87. The molecule has 4 aromatic rings. The Labute approximate surface area is 131 Å². The molecule has 0 bridgehead atoms. The van der Waals surface area contributed by atoms with Crippen LogP contribution in [0.2, 0.25) is 5.02 Å². The van der Waals surface area contributed by atoms with Gasteiger partial charge in [-0.05, 0) is 12.1 Å². The van der Waals surface area contributed by atoms with Crippen molar-refractivity contribution in [2.45, 2.75) is 0 Å². The van der Waals surface area contributed by atoms with E-state index in [0.717, 1.165) is 22.5 Å². The highest BCUT2D eigenvalue weighted by molar-refractivity contribution is 6.30. The standard InChI is InChI=1S/C15H11ClN6/c1-21-7-11(6-18-21)14-15-17-9-19-22(15)8-13(20-14)10-2-4-12(16)5-3-10/h2-9H,1H3. The molecule has 0 fully saturated rings. The van der Waals surface area contributed by atoms with Crippen molar-refractivity contribution in [2.75, 3.05) is 0 Å². The molecule has 0 amide bonds. The molecule has 3 heterocycles. The van der Waals surface area contributed by atoms with Crippen LogP contribution in [0, 0.1) is 0 Å². The van der Waals surface area contributed by atoms with Gasteiger partial charge in [-0.25, -0.2) is 14.5 Å². The molecular formula is C15H11ClN6. The van der Waals surface area contributed by atoms with Crippen LogP contribution in [0.15, 0.2) is 49.2 Å². The van der Waals surface area contributed by atoms with Crippen LogP contribution in [0.1, 0.15) is 0 Å². The third-order valence-electron chi connectivity index (χ3n) is 3.38. The molecule has 4 rings (SSSR count). The Morgan fingerprint density at radius 3 is 2.55 bits per heavy atom. The predicted molar refractivity (Wildman–Crippen MR) is 83.4 cm³/mol. The average Bonchev–Trinajstić information content (AvgIpc) is 3.15. The Balaban J connectivity index is 1.95. The zero-order valence-electron chi connectivity index (χ0n) is 11.7. The smallest absolute Gasteiger partial charge is 0.181 e. The van der Waals surface area contributed by atoms with Crippen LogP contribution in [0.25, 0.3) is 28.2 Å². The van der Waals surface area contributed by atoms with Gasteiger partial charge in [0.2, 0.25) is 0 Å². The molecule has 0 aliphatic heterocycles. The molecule has 0 saturated heterocycles. The molecule has 108 valence electrons. The number of nitrogens with zero attached hydrogens (tertiary/aromatic N) is 6. The number of aromatic nitrogens is 6. The van der Waals surface area contributed by atoms with Crippen molar-refractivity contribution in [2.24, 2.45) is 7.05 Å². The fraction of sp³-hybridized carbons (Fsp3) is 0.0667. The number of hydrogen-bond donors (Lipinski definition) is 0. The maximum Gasteiger partial charge on any atom is 0.181 e. The van der Waals surface area contributed by atoms with E-state index in [0.29, 0.717) is 10.7 Å². The maximum absolute atomic E-state index is 5.95. The molecule has 0 aliphatic rings. The van der Waals surface area contributed by atoms with Crippen molar-refractivity contribution in [1.29, 1.82) is 0 Å². The van der Waals surface area contributed by atoms with Gasteiger partial charge in [0.25, 0.3) is 0 Å². The minimum Gasteiger partial charge on any atom is -0.275 e. The Hall–Kier alpha value is -2.73. The van der Waals surface area contributed by atoms with Gasteiger partial charge in [-0.3, -0.25) is 4.68 Å². The zero-order valence-corrected chi connectivity index (χ0v) is 12.4. The summed E-state index contributed by atoms with van der Waals surface area (Å²) in [6.07, 6.45) is 7.04. The van der Waals surface area contributed by atoms with Crippen LogP contribution in [-0.4, -0.2) is 29.4 Å². The fourth-order valence-electron chi connectivity index (χ4n) is 2.33. The van der Waals surface area contributed by atoms with E-state index in [1.165, 1.54) is 6.33 Å². The first-order valence-electron chi connectivity index (χ1n) is 6.66. The normalized spacial score (nSPS) is 11.2. The van der Waals surface area contributed by atoms with E-state index < -0.39 is 0 Å². The summed E-state index contributed by atoms with van der Waals surface area (Å²) >= 11 is 5.95. The molecule has 1 aromatic carbocycles. The predicted octanol–water partition coefficient (Wildman–Crippen LogP) is 2.85. The monoisotopic (exact) mass is 310 g/mol. The lowest BCUT2D eigenvalue weighted by molar-refractivity contribution is 0.768. The first-order valence-corrected chi connectivity index (χ1v) is 7.04.